The van der Waals surface area contributed by atoms with Crippen molar-refractivity contribution in [1.29, 1.82) is 0 Å². The van der Waals surface area contributed by atoms with E-state index in [0.717, 1.165) is 12.8 Å². The Bertz CT molecular complexity index is 670. The summed E-state index contributed by atoms with van der Waals surface area (Å²) in [6, 6.07) is 7.70. The monoisotopic (exact) mass is 372 g/mol. The van der Waals surface area contributed by atoms with Gasteiger partial charge in [-0.3, -0.25) is 14.4 Å². The Labute approximate surface area is 160 Å². The van der Waals surface area contributed by atoms with E-state index in [0.29, 0.717) is 24.5 Å². The molecule has 2 N–H and O–H groups in total. The van der Waals surface area contributed by atoms with Gasteiger partial charge < -0.3 is 15.4 Å². The maximum Gasteiger partial charge on any atom is 0.251 e. The summed E-state index contributed by atoms with van der Waals surface area (Å²) in [4.78, 5) is 37.6. The first kappa shape index (κ1) is 19.5. The molecule has 6 heteroatoms. The van der Waals surface area contributed by atoms with Crippen LogP contribution in [0.3, 0.4) is 0 Å². The van der Waals surface area contributed by atoms with Crippen LogP contribution in [0.5, 0.6) is 0 Å². The standard InChI is InChI=1S/C21H28N2O4/c1-14-12-27-13-18(24)19(14)23-21(26)17(11-15-7-5-6-8-15)22-20(25)16-9-3-2-4-10-16/h2-4,9-10,14-15,17,19H,5-8,11-13H2,1H3,(H,22,25)(H,23,26). The van der Waals surface area contributed by atoms with Crippen LogP contribution in [0.2, 0.25) is 0 Å². The normalized spacial score (nSPS) is 24.4. The summed E-state index contributed by atoms with van der Waals surface area (Å²) in [6.07, 6.45) is 5.10. The first-order valence-electron chi connectivity index (χ1n) is 9.81. The number of nitrogens with one attached hydrogen (secondary N) is 2. The van der Waals surface area contributed by atoms with Gasteiger partial charge in [0.1, 0.15) is 12.6 Å². The van der Waals surface area contributed by atoms with Crippen molar-refractivity contribution in [2.24, 2.45) is 11.8 Å². The average Bonchev–Trinajstić information content (AvgIpc) is 3.18. The molecular weight excluding hydrogens is 344 g/mol. The van der Waals surface area contributed by atoms with Gasteiger partial charge >= 0.3 is 0 Å². The Morgan fingerprint density at radius 2 is 1.89 bits per heavy atom. The smallest absolute Gasteiger partial charge is 0.251 e. The van der Waals surface area contributed by atoms with Crippen molar-refractivity contribution < 1.29 is 19.1 Å². The Morgan fingerprint density at radius 1 is 1.19 bits per heavy atom. The molecule has 146 valence electrons. The second-order valence-electron chi connectivity index (χ2n) is 7.72. The topological polar surface area (TPSA) is 84.5 Å². The number of hydrogen-bond acceptors (Lipinski definition) is 4. The summed E-state index contributed by atoms with van der Waals surface area (Å²) < 4.78 is 5.23. The second kappa shape index (κ2) is 9.13. The van der Waals surface area contributed by atoms with Gasteiger partial charge in [0.05, 0.1) is 12.6 Å². The first-order valence-corrected chi connectivity index (χ1v) is 9.81. The lowest BCUT2D eigenvalue weighted by Gasteiger charge is -2.30. The van der Waals surface area contributed by atoms with Crippen LogP contribution in [0.4, 0.5) is 0 Å². The summed E-state index contributed by atoms with van der Waals surface area (Å²) in [7, 11) is 0. The lowest BCUT2D eigenvalue weighted by atomic mass is 9.94. The number of amides is 2. The van der Waals surface area contributed by atoms with Crippen molar-refractivity contribution in [3.8, 4) is 0 Å². The average molecular weight is 372 g/mol. The maximum atomic E-state index is 12.9. The van der Waals surface area contributed by atoms with Gasteiger partial charge in [-0.25, -0.2) is 0 Å². The van der Waals surface area contributed by atoms with Gasteiger partial charge in [-0.2, -0.15) is 0 Å². The Kier molecular flexibility index (Phi) is 6.61. The fraction of sp³-hybridized carbons (Fsp3) is 0.571. The highest BCUT2D eigenvalue weighted by atomic mass is 16.5. The zero-order chi connectivity index (χ0) is 19.2. The summed E-state index contributed by atoms with van der Waals surface area (Å²) in [6.45, 7) is 2.36. The number of hydrogen-bond donors (Lipinski definition) is 2. The zero-order valence-electron chi connectivity index (χ0n) is 15.8. The van der Waals surface area contributed by atoms with Gasteiger partial charge in [-0.1, -0.05) is 50.8 Å². The molecule has 6 nitrogen and oxygen atoms in total. The number of benzene rings is 1. The lowest BCUT2D eigenvalue weighted by molar-refractivity contribution is -0.137. The van der Waals surface area contributed by atoms with Gasteiger partial charge in [-0.05, 0) is 24.5 Å². The molecule has 2 fully saturated rings. The SMILES string of the molecule is CC1COCC(=O)C1NC(=O)C(CC1CCCC1)NC(=O)c1ccccc1. The molecule has 0 spiro atoms. The quantitative estimate of drug-likeness (QED) is 0.801. The van der Waals surface area contributed by atoms with E-state index >= 15 is 0 Å². The number of Topliss-reactive ketones (excluding diaryl/α,β-unsaturated/α-hetero) is 1. The predicted molar refractivity (Wildman–Crippen MR) is 101 cm³/mol. The molecule has 3 unspecified atom stereocenters. The molecule has 1 aliphatic carbocycles. The van der Waals surface area contributed by atoms with Crippen molar-refractivity contribution in [2.45, 2.75) is 51.1 Å². The Morgan fingerprint density at radius 3 is 2.56 bits per heavy atom. The van der Waals surface area contributed by atoms with Gasteiger partial charge in [0.2, 0.25) is 5.91 Å². The van der Waals surface area contributed by atoms with Gasteiger partial charge in [0.15, 0.2) is 5.78 Å². The number of rotatable bonds is 6. The third-order valence-electron chi connectivity index (χ3n) is 5.54. The highest BCUT2D eigenvalue weighted by Gasteiger charge is 2.34. The van der Waals surface area contributed by atoms with Crippen LogP contribution in [0.1, 0.15) is 49.4 Å². The molecule has 0 aromatic heterocycles. The zero-order valence-corrected chi connectivity index (χ0v) is 15.8. The molecule has 2 amide bonds. The van der Waals surface area contributed by atoms with E-state index in [-0.39, 0.29) is 30.1 Å². The summed E-state index contributed by atoms with van der Waals surface area (Å²) in [5, 5.41) is 5.75. The summed E-state index contributed by atoms with van der Waals surface area (Å²) >= 11 is 0. The third-order valence-corrected chi connectivity index (χ3v) is 5.54. The fourth-order valence-electron chi connectivity index (χ4n) is 3.97. The second-order valence-corrected chi connectivity index (χ2v) is 7.72. The van der Waals surface area contributed by atoms with Crippen molar-refractivity contribution in [3.05, 3.63) is 35.9 Å². The van der Waals surface area contributed by atoms with Crippen LogP contribution in [-0.4, -0.2) is 42.9 Å². The Balaban J connectivity index is 1.69. The third kappa shape index (κ3) is 5.16. The van der Waals surface area contributed by atoms with Crippen molar-refractivity contribution in [3.63, 3.8) is 0 Å². The lowest BCUT2D eigenvalue weighted by Crippen LogP contribution is -2.56. The minimum absolute atomic E-state index is 0.0267. The highest BCUT2D eigenvalue weighted by Crippen LogP contribution is 2.29. The van der Waals surface area contributed by atoms with E-state index < -0.39 is 12.1 Å². The largest absolute Gasteiger partial charge is 0.373 e. The molecule has 3 atom stereocenters. The van der Waals surface area contributed by atoms with E-state index in [1.807, 2.05) is 13.0 Å². The fourth-order valence-corrected chi connectivity index (χ4v) is 3.97. The van der Waals surface area contributed by atoms with Crippen molar-refractivity contribution >= 4 is 17.6 Å². The summed E-state index contributed by atoms with van der Waals surface area (Å²) in [5.41, 5.74) is 0.525. The molecule has 1 aromatic carbocycles. The predicted octanol–water partition coefficient (Wildman–Crippen LogP) is 2.09. The van der Waals surface area contributed by atoms with Crippen molar-refractivity contribution in [1.82, 2.24) is 10.6 Å². The molecule has 1 saturated heterocycles. The molecule has 2 aliphatic rings. The van der Waals surface area contributed by atoms with E-state index in [9.17, 15) is 14.4 Å². The maximum absolute atomic E-state index is 12.9. The van der Waals surface area contributed by atoms with Crippen molar-refractivity contribution in [2.75, 3.05) is 13.2 Å². The van der Waals surface area contributed by atoms with Crippen LogP contribution >= 0.6 is 0 Å². The van der Waals surface area contributed by atoms with Crippen LogP contribution in [0.15, 0.2) is 30.3 Å². The van der Waals surface area contributed by atoms with Crippen LogP contribution < -0.4 is 10.6 Å². The Hall–Kier alpha value is -2.21. The minimum Gasteiger partial charge on any atom is -0.373 e. The van der Waals surface area contributed by atoms with E-state index in [1.165, 1.54) is 12.8 Å². The molecular formula is C21H28N2O4. The van der Waals surface area contributed by atoms with Gasteiger partial charge in [0, 0.05) is 11.5 Å². The van der Waals surface area contributed by atoms with E-state index in [1.54, 1.807) is 24.3 Å². The summed E-state index contributed by atoms with van der Waals surface area (Å²) in [5.74, 6) is -0.304. The molecule has 1 aliphatic heterocycles. The number of ether oxygens (including phenoxy) is 1. The van der Waals surface area contributed by atoms with Crippen LogP contribution in [0, 0.1) is 11.8 Å². The molecule has 3 rings (SSSR count). The first-order chi connectivity index (χ1) is 13.0. The molecule has 27 heavy (non-hydrogen) atoms. The number of carbonyl (C=O) groups excluding carboxylic acids is 3. The molecule has 0 radical (unpaired) electrons. The molecule has 1 aromatic rings. The van der Waals surface area contributed by atoms with E-state index in [4.69, 9.17) is 4.74 Å². The highest BCUT2D eigenvalue weighted by molar-refractivity contribution is 5.98. The van der Waals surface area contributed by atoms with Crippen LogP contribution in [0.25, 0.3) is 0 Å². The molecule has 1 heterocycles. The van der Waals surface area contributed by atoms with Crippen LogP contribution in [-0.2, 0) is 14.3 Å². The number of ketones is 1. The van der Waals surface area contributed by atoms with E-state index in [2.05, 4.69) is 10.6 Å². The van der Waals surface area contributed by atoms with Gasteiger partial charge in [-0.15, -0.1) is 0 Å². The molecule has 1 saturated carbocycles. The minimum atomic E-state index is -0.636. The van der Waals surface area contributed by atoms with Gasteiger partial charge in [0.25, 0.3) is 5.91 Å². The number of carbonyl (C=O) groups is 3. The molecule has 0 bridgehead atoms.